The van der Waals surface area contributed by atoms with Crippen molar-refractivity contribution in [1.82, 2.24) is 20.4 Å². The Morgan fingerprint density at radius 1 is 1.11 bits per heavy atom. The molecule has 0 aromatic heterocycles. The molecule has 1 saturated heterocycles. The number of halogens is 3. The van der Waals surface area contributed by atoms with Crippen molar-refractivity contribution >= 4 is 34.4 Å². The minimum absolute atomic E-state index is 0.00211. The van der Waals surface area contributed by atoms with Gasteiger partial charge in [0.15, 0.2) is 0 Å². The van der Waals surface area contributed by atoms with Crippen molar-refractivity contribution in [3.63, 3.8) is 0 Å². The molecule has 1 heterocycles. The molecule has 2 aromatic rings. The van der Waals surface area contributed by atoms with Crippen LogP contribution in [0, 0.1) is 21.1 Å². The van der Waals surface area contributed by atoms with E-state index in [0.29, 0.717) is 37.7 Å². The van der Waals surface area contributed by atoms with Gasteiger partial charge in [0.1, 0.15) is 11.6 Å². The van der Waals surface area contributed by atoms with Gasteiger partial charge in [-0.3, -0.25) is 14.5 Å². The molecule has 2 atom stereocenters. The fraction of sp³-hybridized carbons (Fsp3) is 0.481. The number of aliphatic hydroxyl groups is 1. The van der Waals surface area contributed by atoms with Crippen LogP contribution in [0.5, 0.6) is 0 Å². The van der Waals surface area contributed by atoms with Crippen molar-refractivity contribution in [2.75, 3.05) is 39.3 Å². The fourth-order valence-electron chi connectivity index (χ4n) is 4.40. The molecule has 202 valence electrons. The number of hydrogen-bond acceptors (Lipinski definition) is 5. The quantitative estimate of drug-likeness (QED) is 0.315. The second-order valence-electron chi connectivity index (χ2n) is 9.93. The summed E-state index contributed by atoms with van der Waals surface area (Å²) in [5.74, 6) is -1.44. The smallest absolute Gasteiger partial charge is 0.236 e. The van der Waals surface area contributed by atoms with E-state index in [9.17, 15) is 23.5 Å². The molecule has 10 heteroatoms. The second kappa shape index (κ2) is 14.1. The van der Waals surface area contributed by atoms with E-state index in [4.69, 9.17) is 0 Å². The van der Waals surface area contributed by atoms with E-state index >= 15 is 0 Å². The Bertz CT molecular complexity index is 1050. The summed E-state index contributed by atoms with van der Waals surface area (Å²) in [7, 11) is 0. The van der Waals surface area contributed by atoms with Crippen LogP contribution >= 0.6 is 22.6 Å². The summed E-state index contributed by atoms with van der Waals surface area (Å²) in [5.41, 5.74) is 1.38. The van der Waals surface area contributed by atoms with E-state index in [1.165, 1.54) is 12.1 Å². The van der Waals surface area contributed by atoms with Gasteiger partial charge in [0.05, 0.1) is 25.2 Å². The number of piperazine rings is 1. The normalized spacial score (nSPS) is 16.2. The predicted octanol–water partition coefficient (Wildman–Crippen LogP) is 2.55. The van der Waals surface area contributed by atoms with Crippen LogP contribution < -0.4 is 10.6 Å². The van der Waals surface area contributed by atoms with Gasteiger partial charge in [-0.1, -0.05) is 26.0 Å². The van der Waals surface area contributed by atoms with Crippen LogP contribution in [0.15, 0.2) is 42.5 Å². The lowest BCUT2D eigenvalue weighted by Gasteiger charge is -2.35. The highest BCUT2D eigenvalue weighted by molar-refractivity contribution is 14.1. The molecule has 0 bridgehead atoms. The Balaban J connectivity index is 1.60. The fourth-order valence-corrected chi connectivity index (χ4v) is 5.01. The van der Waals surface area contributed by atoms with Gasteiger partial charge >= 0.3 is 0 Å². The first-order valence-corrected chi connectivity index (χ1v) is 13.5. The van der Waals surface area contributed by atoms with Crippen LogP contribution in [-0.4, -0.2) is 78.1 Å². The summed E-state index contributed by atoms with van der Waals surface area (Å²) < 4.78 is 28.6. The van der Waals surface area contributed by atoms with E-state index in [2.05, 4.69) is 47.1 Å². The number of amides is 2. The second-order valence-corrected chi connectivity index (χ2v) is 11.2. The van der Waals surface area contributed by atoms with Crippen molar-refractivity contribution in [2.45, 2.75) is 39.0 Å². The molecule has 3 rings (SSSR count). The standard InChI is InChI=1S/C27H35F2IN4O3/c1-18(2)15-34-7-6-33(17-27(34)37)16-26(36)32-24(11-20-8-21(28)12-22(29)9-20)25(35)14-31-13-19-4-3-5-23(30)10-19/h3-5,8-10,12,18,24-25,31,35H,6-7,11,13-17H2,1-2H3,(H,32,36)/t24-,25-/m0/s1. The monoisotopic (exact) mass is 628 g/mol. The number of hydrogen-bond donors (Lipinski definition) is 3. The molecule has 2 aromatic carbocycles. The maximum Gasteiger partial charge on any atom is 0.236 e. The molecule has 0 unspecified atom stereocenters. The summed E-state index contributed by atoms with van der Waals surface area (Å²) in [4.78, 5) is 28.9. The highest BCUT2D eigenvalue weighted by Crippen LogP contribution is 2.13. The highest BCUT2D eigenvalue weighted by atomic mass is 127. The molecule has 0 spiro atoms. The number of carbonyl (C=O) groups is 2. The Kier molecular flexibility index (Phi) is 11.2. The minimum Gasteiger partial charge on any atom is -0.390 e. The summed E-state index contributed by atoms with van der Waals surface area (Å²) in [5, 5.41) is 16.9. The number of nitrogens with zero attached hydrogens (tertiary/aromatic N) is 2. The molecular weight excluding hydrogens is 593 g/mol. The van der Waals surface area contributed by atoms with Gasteiger partial charge in [-0.25, -0.2) is 8.78 Å². The molecule has 0 radical (unpaired) electrons. The Hall–Kier alpha value is -2.15. The lowest BCUT2D eigenvalue weighted by molar-refractivity contribution is -0.137. The van der Waals surface area contributed by atoms with Gasteiger partial charge in [0, 0.05) is 42.4 Å². The van der Waals surface area contributed by atoms with E-state index < -0.39 is 23.8 Å². The molecule has 0 aliphatic carbocycles. The predicted molar refractivity (Wildman–Crippen MR) is 147 cm³/mol. The number of carbonyl (C=O) groups excluding carboxylic acids is 2. The van der Waals surface area contributed by atoms with E-state index in [1.807, 2.05) is 29.2 Å². The minimum atomic E-state index is -1.01. The van der Waals surface area contributed by atoms with E-state index in [-0.39, 0.29) is 37.9 Å². The van der Waals surface area contributed by atoms with E-state index in [1.54, 1.807) is 4.90 Å². The number of aliphatic hydroxyl groups excluding tert-OH is 1. The van der Waals surface area contributed by atoms with Crippen molar-refractivity contribution in [2.24, 2.45) is 5.92 Å². The average Bonchev–Trinajstić information content (AvgIpc) is 2.79. The maximum atomic E-state index is 13.8. The zero-order valence-electron chi connectivity index (χ0n) is 21.2. The van der Waals surface area contributed by atoms with Gasteiger partial charge < -0.3 is 20.6 Å². The summed E-state index contributed by atoms with van der Waals surface area (Å²) in [6.07, 6.45) is -0.962. The van der Waals surface area contributed by atoms with Crippen LogP contribution in [-0.2, 0) is 22.6 Å². The number of nitrogens with one attached hydrogen (secondary N) is 2. The summed E-state index contributed by atoms with van der Waals surface area (Å²) in [6, 6.07) is 10.3. The van der Waals surface area contributed by atoms with Crippen molar-refractivity contribution < 1.29 is 23.5 Å². The first-order valence-electron chi connectivity index (χ1n) is 12.5. The maximum absolute atomic E-state index is 13.8. The van der Waals surface area contributed by atoms with Gasteiger partial charge in [0.2, 0.25) is 11.8 Å². The molecule has 1 fully saturated rings. The third-order valence-electron chi connectivity index (χ3n) is 6.11. The molecule has 3 N–H and O–H groups in total. The SMILES string of the molecule is CC(C)CN1CCN(CC(=O)N[C@@H](Cc2cc(F)cc(F)c2)[C@@H](O)CNCc2cccc(I)c2)CC1=O. The molecular formula is C27H35F2IN4O3. The van der Waals surface area contributed by atoms with Crippen molar-refractivity contribution in [1.29, 1.82) is 0 Å². The largest absolute Gasteiger partial charge is 0.390 e. The van der Waals surface area contributed by atoms with Gasteiger partial charge in [-0.05, 0) is 70.3 Å². The molecule has 0 saturated carbocycles. The lowest BCUT2D eigenvalue weighted by Crippen LogP contribution is -2.55. The molecule has 37 heavy (non-hydrogen) atoms. The van der Waals surface area contributed by atoms with Crippen molar-refractivity contribution in [3.8, 4) is 0 Å². The Morgan fingerprint density at radius 3 is 2.49 bits per heavy atom. The van der Waals surface area contributed by atoms with Gasteiger partial charge in [-0.15, -0.1) is 0 Å². The highest BCUT2D eigenvalue weighted by Gasteiger charge is 2.27. The summed E-state index contributed by atoms with van der Waals surface area (Å²) in [6.45, 7) is 6.76. The van der Waals surface area contributed by atoms with Gasteiger partial charge in [-0.2, -0.15) is 0 Å². The number of benzene rings is 2. The molecule has 1 aliphatic rings. The molecule has 7 nitrogen and oxygen atoms in total. The first kappa shape index (κ1) is 29.4. The molecule has 2 amide bonds. The molecule has 1 aliphatic heterocycles. The Labute approximate surface area is 230 Å². The lowest BCUT2D eigenvalue weighted by atomic mass is 10.0. The first-order chi connectivity index (χ1) is 17.6. The van der Waals surface area contributed by atoms with Gasteiger partial charge in [0.25, 0.3) is 0 Å². The van der Waals surface area contributed by atoms with Crippen LogP contribution in [0.25, 0.3) is 0 Å². The van der Waals surface area contributed by atoms with E-state index in [0.717, 1.165) is 15.2 Å². The third kappa shape index (κ3) is 9.91. The topological polar surface area (TPSA) is 84.9 Å². The zero-order valence-corrected chi connectivity index (χ0v) is 23.4. The summed E-state index contributed by atoms with van der Waals surface area (Å²) >= 11 is 2.23. The van der Waals surface area contributed by atoms with Crippen LogP contribution in [0.2, 0.25) is 0 Å². The van der Waals surface area contributed by atoms with Crippen LogP contribution in [0.4, 0.5) is 8.78 Å². The van der Waals surface area contributed by atoms with Crippen LogP contribution in [0.1, 0.15) is 25.0 Å². The Morgan fingerprint density at radius 2 is 1.84 bits per heavy atom. The third-order valence-corrected chi connectivity index (χ3v) is 6.78. The zero-order chi connectivity index (χ0) is 26.9. The van der Waals surface area contributed by atoms with Crippen LogP contribution in [0.3, 0.4) is 0 Å². The van der Waals surface area contributed by atoms with Crippen molar-refractivity contribution in [3.05, 3.63) is 68.8 Å². The average molecular weight is 629 g/mol. The number of rotatable bonds is 12.